The van der Waals surface area contributed by atoms with Crippen molar-refractivity contribution in [1.82, 2.24) is 10.2 Å². The van der Waals surface area contributed by atoms with Crippen molar-refractivity contribution in [2.24, 2.45) is 0 Å². The fourth-order valence-electron chi connectivity index (χ4n) is 2.83. The van der Waals surface area contributed by atoms with Gasteiger partial charge in [-0.15, -0.1) is 0 Å². The molecule has 112 valence electrons. The molecule has 0 bridgehead atoms. The van der Waals surface area contributed by atoms with Crippen LogP contribution in [0.15, 0.2) is 24.3 Å². The summed E-state index contributed by atoms with van der Waals surface area (Å²) in [5, 5.41) is 6.03. The molecular weight excluding hydrogens is 293 g/mol. The van der Waals surface area contributed by atoms with Gasteiger partial charge in [0, 0.05) is 5.56 Å². The lowest BCUT2D eigenvalue weighted by Crippen LogP contribution is -2.22. The zero-order chi connectivity index (χ0) is 15.0. The number of aromatic amines is 1. The third-order valence-corrected chi connectivity index (χ3v) is 6.03. The summed E-state index contributed by atoms with van der Waals surface area (Å²) in [6.07, 6.45) is 2.05. The van der Waals surface area contributed by atoms with E-state index in [1.165, 1.54) is 12.1 Å². The maximum Gasteiger partial charge on any atom is 0.158 e. The van der Waals surface area contributed by atoms with Crippen LogP contribution in [0, 0.1) is 5.82 Å². The predicted molar refractivity (Wildman–Crippen MR) is 78.8 cm³/mol. The molecule has 0 spiro atoms. The number of anilines is 1. The van der Waals surface area contributed by atoms with Crippen LogP contribution in [0.5, 0.6) is 0 Å². The first-order valence-electron chi connectivity index (χ1n) is 6.80. The van der Waals surface area contributed by atoms with E-state index in [2.05, 4.69) is 10.2 Å². The van der Waals surface area contributed by atoms with Gasteiger partial charge < -0.3 is 5.73 Å². The number of hydrogen-bond acceptors (Lipinski definition) is 4. The molecular formula is C14H16FN3O2S. The van der Waals surface area contributed by atoms with Gasteiger partial charge in [0.15, 0.2) is 15.7 Å². The van der Waals surface area contributed by atoms with E-state index in [1.807, 2.05) is 0 Å². The first-order chi connectivity index (χ1) is 9.99. The van der Waals surface area contributed by atoms with Crippen molar-refractivity contribution < 1.29 is 12.8 Å². The molecule has 0 saturated carbocycles. The number of H-pyrrole nitrogens is 1. The summed E-state index contributed by atoms with van der Waals surface area (Å²) in [5.41, 5.74) is 7.36. The monoisotopic (exact) mass is 309 g/mol. The van der Waals surface area contributed by atoms with Crippen LogP contribution in [0.1, 0.15) is 30.2 Å². The molecule has 1 fully saturated rings. The Morgan fingerprint density at radius 1 is 1.33 bits per heavy atom. The summed E-state index contributed by atoms with van der Waals surface area (Å²) < 4.78 is 38.0. The van der Waals surface area contributed by atoms with Crippen LogP contribution >= 0.6 is 0 Å². The van der Waals surface area contributed by atoms with E-state index in [0.717, 1.165) is 6.42 Å². The number of nitrogens with two attached hydrogens (primary N) is 1. The smallest absolute Gasteiger partial charge is 0.158 e. The Bertz CT molecular complexity index is 770. The molecule has 1 unspecified atom stereocenters. The second-order valence-corrected chi connectivity index (χ2v) is 7.56. The number of rotatable bonds is 2. The number of sulfone groups is 1. The lowest BCUT2D eigenvalue weighted by Gasteiger charge is -2.22. The minimum Gasteiger partial charge on any atom is -0.382 e. The van der Waals surface area contributed by atoms with Gasteiger partial charge in [0.05, 0.1) is 11.4 Å². The van der Waals surface area contributed by atoms with Crippen molar-refractivity contribution in [1.29, 1.82) is 0 Å². The van der Waals surface area contributed by atoms with E-state index >= 15 is 0 Å². The Labute approximate surface area is 122 Å². The van der Waals surface area contributed by atoms with Crippen molar-refractivity contribution in [2.75, 3.05) is 11.5 Å². The molecule has 3 rings (SSSR count). The van der Waals surface area contributed by atoms with Gasteiger partial charge in [-0.3, -0.25) is 5.10 Å². The summed E-state index contributed by atoms with van der Waals surface area (Å²) in [7, 11) is -3.22. The molecule has 1 aromatic heterocycles. The van der Waals surface area contributed by atoms with Gasteiger partial charge in [-0.25, -0.2) is 12.8 Å². The highest BCUT2D eigenvalue weighted by Gasteiger charge is 2.34. The van der Waals surface area contributed by atoms with Crippen molar-refractivity contribution >= 4 is 15.7 Å². The van der Waals surface area contributed by atoms with Crippen molar-refractivity contribution in [2.45, 2.75) is 24.5 Å². The largest absolute Gasteiger partial charge is 0.382 e. The number of nitrogens with one attached hydrogen (secondary N) is 1. The quantitative estimate of drug-likeness (QED) is 0.891. The lowest BCUT2D eigenvalue weighted by atomic mass is 10.0. The SMILES string of the molecule is Nc1n[nH]c(C2CCCCS2(=O)=O)c1-c1cccc(F)c1. The number of benzene rings is 1. The molecule has 0 aliphatic carbocycles. The summed E-state index contributed by atoms with van der Waals surface area (Å²) in [6.45, 7) is 0. The highest BCUT2D eigenvalue weighted by atomic mass is 32.2. The molecule has 1 saturated heterocycles. The Kier molecular flexibility index (Phi) is 3.44. The second-order valence-electron chi connectivity index (χ2n) is 5.26. The normalized spacial score (nSPS) is 21.3. The first-order valence-corrected chi connectivity index (χ1v) is 8.52. The number of aromatic nitrogens is 2. The molecule has 0 amide bonds. The zero-order valence-corrected chi connectivity index (χ0v) is 12.2. The summed E-state index contributed by atoms with van der Waals surface area (Å²) >= 11 is 0. The molecule has 2 heterocycles. The zero-order valence-electron chi connectivity index (χ0n) is 11.3. The van der Waals surface area contributed by atoms with Crippen LogP contribution in [-0.2, 0) is 9.84 Å². The maximum absolute atomic E-state index is 13.4. The Morgan fingerprint density at radius 2 is 2.14 bits per heavy atom. The predicted octanol–water partition coefficient (Wildman–Crippen LogP) is 2.44. The molecule has 7 heteroatoms. The van der Waals surface area contributed by atoms with E-state index in [-0.39, 0.29) is 11.6 Å². The van der Waals surface area contributed by atoms with E-state index in [0.29, 0.717) is 29.7 Å². The molecule has 3 N–H and O–H groups in total. The molecule has 21 heavy (non-hydrogen) atoms. The first kappa shape index (κ1) is 14.1. The van der Waals surface area contributed by atoms with Crippen molar-refractivity contribution in [3.8, 4) is 11.1 Å². The summed E-state index contributed by atoms with van der Waals surface area (Å²) in [4.78, 5) is 0. The number of nitrogens with zero attached hydrogens (tertiary/aromatic N) is 1. The minimum atomic E-state index is -3.22. The fraction of sp³-hybridized carbons (Fsp3) is 0.357. The van der Waals surface area contributed by atoms with Gasteiger partial charge in [0.25, 0.3) is 0 Å². The molecule has 2 aromatic rings. The van der Waals surface area contributed by atoms with Crippen LogP contribution in [0.4, 0.5) is 10.2 Å². The molecule has 1 aliphatic heterocycles. The van der Waals surface area contributed by atoms with Gasteiger partial charge >= 0.3 is 0 Å². The van der Waals surface area contributed by atoms with Crippen LogP contribution in [0.3, 0.4) is 0 Å². The van der Waals surface area contributed by atoms with E-state index < -0.39 is 20.9 Å². The number of hydrogen-bond donors (Lipinski definition) is 2. The highest BCUT2D eigenvalue weighted by molar-refractivity contribution is 7.91. The van der Waals surface area contributed by atoms with Gasteiger partial charge in [0.1, 0.15) is 11.1 Å². The third kappa shape index (κ3) is 2.53. The van der Waals surface area contributed by atoms with E-state index in [4.69, 9.17) is 5.73 Å². The van der Waals surface area contributed by atoms with Crippen LogP contribution in [-0.4, -0.2) is 24.4 Å². The second kappa shape index (κ2) is 5.14. The topological polar surface area (TPSA) is 88.8 Å². The van der Waals surface area contributed by atoms with E-state index in [9.17, 15) is 12.8 Å². The van der Waals surface area contributed by atoms with Gasteiger partial charge in [0.2, 0.25) is 0 Å². The third-order valence-electron chi connectivity index (χ3n) is 3.84. The van der Waals surface area contributed by atoms with Crippen LogP contribution in [0.25, 0.3) is 11.1 Å². The van der Waals surface area contributed by atoms with Crippen LogP contribution in [0.2, 0.25) is 0 Å². The van der Waals surface area contributed by atoms with E-state index in [1.54, 1.807) is 12.1 Å². The molecule has 1 aromatic carbocycles. The minimum absolute atomic E-state index is 0.166. The van der Waals surface area contributed by atoms with Crippen molar-refractivity contribution in [3.63, 3.8) is 0 Å². The Balaban J connectivity index is 2.13. The fourth-order valence-corrected chi connectivity index (χ4v) is 4.78. The summed E-state index contributed by atoms with van der Waals surface area (Å²) in [6, 6.07) is 5.93. The van der Waals surface area contributed by atoms with Crippen LogP contribution < -0.4 is 5.73 Å². The average molecular weight is 309 g/mol. The molecule has 0 radical (unpaired) electrons. The van der Waals surface area contributed by atoms with Crippen molar-refractivity contribution in [3.05, 3.63) is 35.8 Å². The summed E-state index contributed by atoms with van der Waals surface area (Å²) in [5.74, 6) is -0.0407. The Morgan fingerprint density at radius 3 is 2.86 bits per heavy atom. The standard InChI is InChI=1S/C14H16FN3O2S/c15-10-5-3-4-9(8-10)12-13(17-18-14(12)16)11-6-1-2-7-21(11,19)20/h3-5,8,11H,1-2,6-7H2,(H3,16,17,18). The average Bonchev–Trinajstić information content (AvgIpc) is 2.80. The molecule has 5 nitrogen and oxygen atoms in total. The molecule has 1 aliphatic rings. The highest BCUT2D eigenvalue weighted by Crippen LogP contribution is 2.39. The van der Waals surface area contributed by atoms with Gasteiger partial charge in [-0.2, -0.15) is 5.10 Å². The Hall–Kier alpha value is -1.89. The van der Waals surface area contributed by atoms with Gasteiger partial charge in [-0.05, 0) is 30.5 Å². The van der Waals surface area contributed by atoms with Gasteiger partial charge in [-0.1, -0.05) is 18.6 Å². The molecule has 1 atom stereocenters. The lowest BCUT2D eigenvalue weighted by molar-refractivity contribution is 0.542. The number of halogens is 1. The number of nitrogen functional groups attached to an aromatic ring is 1. The maximum atomic E-state index is 13.4.